The van der Waals surface area contributed by atoms with E-state index in [-0.39, 0.29) is 11.8 Å². The third kappa shape index (κ3) is 3.05. The lowest BCUT2D eigenvalue weighted by Crippen LogP contribution is -2.41. The van der Waals surface area contributed by atoms with Crippen LogP contribution in [0.3, 0.4) is 0 Å². The lowest BCUT2D eigenvalue weighted by atomic mass is 10.0. The molecule has 2 rings (SSSR count). The molecule has 0 unspecified atom stereocenters. The van der Waals surface area contributed by atoms with Gasteiger partial charge in [0.05, 0.1) is 13.2 Å². The van der Waals surface area contributed by atoms with E-state index in [2.05, 4.69) is 11.9 Å². The average Bonchev–Trinajstić information content (AvgIpc) is 2.49. The zero-order chi connectivity index (χ0) is 14.5. The molecule has 0 aliphatic carbocycles. The highest BCUT2D eigenvalue weighted by Gasteiger charge is 2.21. The largest absolute Gasteiger partial charge is 0.378 e. The first-order valence-electron chi connectivity index (χ1n) is 6.53. The fourth-order valence-corrected chi connectivity index (χ4v) is 2.12. The first-order chi connectivity index (χ1) is 9.63. The Morgan fingerprint density at radius 3 is 2.70 bits per heavy atom. The number of carbonyl (C=O) groups excluding carboxylic acids is 2. The van der Waals surface area contributed by atoms with Gasteiger partial charge < -0.3 is 15.0 Å². The summed E-state index contributed by atoms with van der Waals surface area (Å²) in [6.45, 7) is 7.57. The topological polar surface area (TPSA) is 58.6 Å². The second kappa shape index (κ2) is 6.34. The molecule has 0 radical (unpaired) electrons. The molecule has 0 spiro atoms. The van der Waals surface area contributed by atoms with Crippen LogP contribution in [0.1, 0.15) is 15.9 Å². The molecule has 0 aromatic heterocycles. The average molecular weight is 274 g/mol. The van der Waals surface area contributed by atoms with Crippen molar-refractivity contribution >= 4 is 17.5 Å². The highest BCUT2D eigenvalue weighted by atomic mass is 16.5. The molecule has 106 valence electrons. The summed E-state index contributed by atoms with van der Waals surface area (Å²) in [6, 6.07) is 5.31. The summed E-state index contributed by atoms with van der Waals surface area (Å²) in [5, 5.41) is 2.71. The maximum absolute atomic E-state index is 12.5. The number of hydrogen-bond donors (Lipinski definition) is 1. The molecule has 1 aromatic rings. The minimum absolute atomic E-state index is 0.0273. The summed E-state index contributed by atoms with van der Waals surface area (Å²) >= 11 is 0. The number of nitrogens with zero attached hydrogens (tertiary/aromatic N) is 1. The smallest absolute Gasteiger partial charge is 0.254 e. The number of benzene rings is 1. The Morgan fingerprint density at radius 1 is 1.35 bits per heavy atom. The number of amides is 2. The van der Waals surface area contributed by atoms with Crippen LogP contribution in [-0.4, -0.2) is 43.0 Å². The summed E-state index contributed by atoms with van der Waals surface area (Å²) in [4.78, 5) is 25.6. The van der Waals surface area contributed by atoms with Gasteiger partial charge in [0, 0.05) is 24.3 Å². The van der Waals surface area contributed by atoms with E-state index in [0.29, 0.717) is 37.6 Å². The van der Waals surface area contributed by atoms with Crippen LogP contribution in [0.2, 0.25) is 0 Å². The normalized spacial score (nSPS) is 14.8. The second-order valence-corrected chi connectivity index (χ2v) is 4.58. The van der Waals surface area contributed by atoms with Gasteiger partial charge in [0.2, 0.25) is 5.91 Å². The van der Waals surface area contributed by atoms with Crippen molar-refractivity contribution in [1.82, 2.24) is 4.90 Å². The van der Waals surface area contributed by atoms with Crippen molar-refractivity contribution in [2.75, 3.05) is 31.6 Å². The van der Waals surface area contributed by atoms with Gasteiger partial charge in [0.1, 0.15) is 0 Å². The summed E-state index contributed by atoms with van der Waals surface area (Å²) in [6.07, 6.45) is 1.20. The minimum atomic E-state index is -0.288. The Morgan fingerprint density at radius 2 is 2.05 bits per heavy atom. The number of morpholine rings is 1. The standard InChI is InChI=1S/C15H18N2O3/c1-3-14(18)16-13-6-4-5-12(11(13)2)15(19)17-7-9-20-10-8-17/h3-6H,1,7-10H2,2H3,(H,16,18). The second-order valence-electron chi connectivity index (χ2n) is 4.58. The van der Waals surface area contributed by atoms with Gasteiger partial charge in [-0.25, -0.2) is 0 Å². The number of ether oxygens (including phenoxy) is 1. The van der Waals surface area contributed by atoms with Crippen molar-refractivity contribution in [3.8, 4) is 0 Å². The molecule has 5 nitrogen and oxygen atoms in total. The quantitative estimate of drug-likeness (QED) is 0.852. The zero-order valence-electron chi connectivity index (χ0n) is 11.5. The SMILES string of the molecule is C=CC(=O)Nc1cccc(C(=O)N2CCOCC2)c1C. The van der Waals surface area contributed by atoms with Gasteiger partial charge in [-0.15, -0.1) is 0 Å². The summed E-state index contributed by atoms with van der Waals surface area (Å²) in [5.74, 6) is -0.315. The first kappa shape index (κ1) is 14.3. The molecule has 1 saturated heterocycles. The Bertz CT molecular complexity index is 534. The van der Waals surface area contributed by atoms with Gasteiger partial charge in [-0.1, -0.05) is 12.6 Å². The Kier molecular flexibility index (Phi) is 4.53. The molecule has 1 N–H and O–H groups in total. The van der Waals surface area contributed by atoms with Gasteiger partial charge in [0.15, 0.2) is 0 Å². The monoisotopic (exact) mass is 274 g/mol. The van der Waals surface area contributed by atoms with Crippen molar-refractivity contribution in [2.45, 2.75) is 6.92 Å². The Hall–Kier alpha value is -2.14. The fourth-order valence-electron chi connectivity index (χ4n) is 2.12. The van der Waals surface area contributed by atoms with Crippen molar-refractivity contribution in [3.63, 3.8) is 0 Å². The summed E-state index contributed by atoms with van der Waals surface area (Å²) in [7, 11) is 0. The molecule has 1 fully saturated rings. The van der Waals surface area contributed by atoms with E-state index in [4.69, 9.17) is 4.74 Å². The molecule has 2 amide bonds. The van der Waals surface area contributed by atoms with E-state index < -0.39 is 0 Å². The summed E-state index contributed by atoms with van der Waals surface area (Å²) in [5.41, 5.74) is 2.00. The number of nitrogens with one attached hydrogen (secondary N) is 1. The molecule has 0 bridgehead atoms. The van der Waals surface area contributed by atoms with E-state index in [1.807, 2.05) is 6.92 Å². The van der Waals surface area contributed by atoms with E-state index >= 15 is 0 Å². The lowest BCUT2D eigenvalue weighted by molar-refractivity contribution is -0.111. The highest BCUT2D eigenvalue weighted by Crippen LogP contribution is 2.21. The first-order valence-corrected chi connectivity index (χ1v) is 6.53. The van der Waals surface area contributed by atoms with E-state index in [9.17, 15) is 9.59 Å². The minimum Gasteiger partial charge on any atom is -0.378 e. The molecule has 1 aliphatic heterocycles. The van der Waals surface area contributed by atoms with Gasteiger partial charge in [-0.05, 0) is 30.7 Å². The van der Waals surface area contributed by atoms with Crippen LogP contribution in [0, 0.1) is 6.92 Å². The Labute approximate surface area is 118 Å². The van der Waals surface area contributed by atoms with Crippen LogP contribution >= 0.6 is 0 Å². The molecule has 20 heavy (non-hydrogen) atoms. The third-order valence-corrected chi connectivity index (χ3v) is 3.31. The molecule has 1 aromatic carbocycles. The number of rotatable bonds is 3. The maximum Gasteiger partial charge on any atom is 0.254 e. The van der Waals surface area contributed by atoms with Crippen molar-refractivity contribution < 1.29 is 14.3 Å². The fraction of sp³-hybridized carbons (Fsp3) is 0.333. The molecular formula is C15H18N2O3. The zero-order valence-corrected chi connectivity index (χ0v) is 11.5. The van der Waals surface area contributed by atoms with Crippen LogP contribution in [0.25, 0.3) is 0 Å². The predicted octanol–water partition coefficient (Wildman–Crippen LogP) is 1.59. The highest BCUT2D eigenvalue weighted by molar-refractivity contribution is 6.02. The predicted molar refractivity (Wildman–Crippen MR) is 76.7 cm³/mol. The summed E-state index contributed by atoms with van der Waals surface area (Å²) < 4.78 is 5.24. The molecule has 0 saturated carbocycles. The van der Waals surface area contributed by atoms with Crippen molar-refractivity contribution in [3.05, 3.63) is 42.0 Å². The van der Waals surface area contributed by atoms with Gasteiger partial charge in [0.25, 0.3) is 5.91 Å². The van der Waals surface area contributed by atoms with Crippen LogP contribution in [-0.2, 0) is 9.53 Å². The number of anilines is 1. The molecule has 0 atom stereocenters. The lowest BCUT2D eigenvalue weighted by Gasteiger charge is -2.27. The van der Waals surface area contributed by atoms with Gasteiger partial charge in [-0.3, -0.25) is 9.59 Å². The van der Waals surface area contributed by atoms with Crippen molar-refractivity contribution in [2.24, 2.45) is 0 Å². The van der Waals surface area contributed by atoms with Crippen LogP contribution in [0.15, 0.2) is 30.9 Å². The van der Waals surface area contributed by atoms with Crippen LogP contribution in [0.4, 0.5) is 5.69 Å². The third-order valence-electron chi connectivity index (χ3n) is 3.31. The maximum atomic E-state index is 12.5. The van der Waals surface area contributed by atoms with Crippen LogP contribution < -0.4 is 5.32 Å². The van der Waals surface area contributed by atoms with E-state index in [1.165, 1.54) is 6.08 Å². The van der Waals surface area contributed by atoms with Gasteiger partial charge >= 0.3 is 0 Å². The number of carbonyl (C=O) groups is 2. The van der Waals surface area contributed by atoms with Gasteiger partial charge in [-0.2, -0.15) is 0 Å². The molecule has 5 heteroatoms. The molecular weight excluding hydrogens is 256 g/mol. The molecule has 1 aliphatic rings. The Balaban J connectivity index is 2.23. The molecule has 1 heterocycles. The van der Waals surface area contributed by atoms with E-state index in [0.717, 1.165) is 5.56 Å². The van der Waals surface area contributed by atoms with E-state index in [1.54, 1.807) is 23.1 Å². The van der Waals surface area contributed by atoms with Crippen molar-refractivity contribution in [1.29, 1.82) is 0 Å². The van der Waals surface area contributed by atoms with Crippen LogP contribution in [0.5, 0.6) is 0 Å². The number of hydrogen-bond acceptors (Lipinski definition) is 3.